The molecule has 0 amide bonds. The third-order valence-corrected chi connectivity index (χ3v) is 3.28. The predicted molar refractivity (Wildman–Crippen MR) is 77.6 cm³/mol. The molecule has 1 aliphatic rings. The number of hydrogen-bond acceptors (Lipinski definition) is 4. The van der Waals surface area contributed by atoms with Crippen molar-refractivity contribution in [2.45, 2.75) is 12.7 Å². The normalized spacial score (nSPS) is 16.3. The van der Waals surface area contributed by atoms with E-state index >= 15 is 0 Å². The molecule has 0 spiro atoms. The Bertz CT molecular complexity index is 656. The van der Waals surface area contributed by atoms with Crippen LogP contribution in [0.25, 0.3) is 0 Å². The van der Waals surface area contributed by atoms with Crippen LogP contribution in [0.15, 0.2) is 48.5 Å². The number of benzene rings is 2. The van der Waals surface area contributed by atoms with Gasteiger partial charge in [0, 0.05) is 5.02 Å². The smallest absolute Gasteiger partial charge is 0.351 e. The Kier molecular flexibility index (Phi) is 3.97. The standard InChI is InChI=1S/C16H13ClO4/c17-12-5-3-4-11(8-12)9-20-16(18)15-10-19-13-6-1-2-7-14(13)21-15/h1-8,15H,9-10H2/t15-/m0/s1. The number of halogens is 1. The van der Waals surface area contributed by atoms with Gasteiger partial charge in [-0.15, -0.1) is 0 Å². The first-order valence-electron chi connectivity index (χ1n) is 6.52. The van der Waals surface area contributed by atoms with Crippen LogP contribution in [0.1, 0.15) is 5.56 Å². The van der Waals surface area contributed by atoms with Gasteiger partial charge in [0.15, 0.2) is 11.5 Å². The van der Waals surface area contributed by atoms with Gasteiger partial charge in [0.25, 0.3) is 0 Å². The van der Waals surface area contributed by atoms with Crippen LogP contribution in [0.3, 0.4) is 0 Å². The molecule has 0 saturated heterocycles. The Morgan fingerprint density at radius 3 is 2.81 bits per heavy atom. The fourth-order valence-electron chi connectivity index (χ4n) is 2.01. The van der Waals surface area contributed by atoms with Gasteiger partial charge in [-0.25, -0.2) is 4.79 Å². The van der Waals surface area contributed by atoms with Crippen molar-refractivity contribution in [2.75, 3.05) is 6.61 Å². The summed E-state index contributed by atoms with van der Waals surface area (Å²) < 4.78 is 16.3. The molecule has 0 fully saturated rings. The average molecular weight is 305 g/mol. The SMILES string of the molecule is O=C(OCc1cccc(Cl)c1)[C@@H]1COc2ccccc2O1. The first-order chi connectivity index (χ1) is 10.2. The van der Waals surface area contributed by atoms with Crippen molar-refractivity contribution in [3.8, 4) is 11.5 Å². The lowest BCUT2D eigenvalue weighted by Gasteiger charge is -2.24. The summed E-state index contributed by atoms with van der Waals surface area (Å²) in [6, 6.07) is 14.4. The summed E-state index contributed by atoms with van der Waals surface area (Å²) in [5.74, 6) is 0.731. The van der Waals surface area contributed by atoms with Crippen molar-refractivity contribution in [2.24, 2.45) is 0 Å². The lowest BCUT2D eigenvalue weighted by molar-refractivity contribution is -0.155. The number of fused-ring (bicyclic) bond motifs is 1. The van der Waals surface area contributed by atoms with Gasteiger partial charge in [-0.3, -0.25) is 0 Å². The van der Waals surface area contributed by atoms with E-state index < -0.39 is 12.1 Å². The van der Waals surface area contributed by atoms with Crippen LogP contribution in [0.4, 0.5) is 0 Å². The third kappa shape index (κ3) is 3.28. The number of ether oxygens (including phenoxy) is 3. The molecule has 0 unspecified atom stereocenters. The molecule has 0 N–H and O–H groups in total. The maximum Gasteiger partial charge on any atom is 0.351 e. The molecule has 0 aromatic heterocycles. The molecule has 5 heteroatoms. The molecule has 0 aliphatic carbocycles. The Morgan fingerprint density at radius 2 is 2.00 bits per heavy atom. The van der Waals surface area contributed by atoms with Crippen LogP contribution in [0.5, 0.6) is 11.5 Å². The summed E-state index contributed by atoms with van der Waals surface area (Å²) >= 11 is 5.88. The van der Waals surface area contributed by atoms with E-state index in [1.807, 2.05) is 24.3 Å². The highest BCUT2D eigenvalue weighted by atomic mass is 35.5. The summed E-state index contributed by atoms with van der Waals surface area (Å²) in [4.78, 5) is 12.0. The van der Waals surface area contributed by atoms with Crippen LogP contribution in [0, 0.1) is 0 Å². The monoisotopic (exact) mass is 304 g/mol. The quantitative estimate of drug-likeness (QED) is 0.817. The minimum atomic E-state index is -0.751. The molecule has 0 radical (unpaired) electrons. The maximum absolute atomic E-state index is 12.0. The predicted octanol–water partition coefficient (Wildman–Crippen LogP) is 3.22. The molecule has 1 aliphatic heterocycles. The Hall–Kier alpha value is -2.20. The molecule has 0 bridgehead atoms. The lowest BCUT2D eigenvalue weighted by atomic mass is 10.2. The highest BCUT2D eigenvalue weighted by molar-refractivity contribution is 6.30. The minimum absolute atomic E-state index is 0.144. The molecule has 108 valence electrons. The summed E-state index contributed by atoms with van der Waals surface area (Å²) in [6.45, 7) is 0.298. The fraction of sp³-hybridized carbons (Fsp3) is 0.188. The van der Waals surface area contributed by atoms with E-state index in [0.29, 0.717) is 16.5 Å². The van der Waals surface area contributed by atoms with E-state index in [2.05, 4.69) is 0 Å². The molecule has 4 nitrogen and oxygen atoms in total. The third-order valence-electron chi connectivity index (χ3n) is 3.04. The highest BCUT2D eigenvalue weighted by Crippen LogP contribution is 2.31. The molecule has 1 heterocycles. The molecular formula is C16H13ClO4. The van der Waals surface area contributed by atoms with Crippen LogP contribution < -0.4 is 9.47 Å². The second-order valence-corrected chi connectivity index (χ2v) is 5.04. The van der Waals surface area contributed by atoms with Crippen LogP contribution in [-0.2, 0) is 16.1 Å². The molecule has 3 rings (SSSR count). The molecule has 2 aromatic carbocycles. The summed E-state index contributed by atoms with van der Waals surface area (Å²) in [7, 11) is 0. The van der Waals surface area contributed by atoms with Gasteiger partial charge in [-0.1, -0.05) is 35.9 Å². The zero-order valence-corrected chi connectivity index (χ0v) is 11.9. The van der Waals surface area contributed by atoms with Gasteiger partial charge >= 0.3 is 5.97 Å². The van der Waals surface area contributed by atoms with E-state index in [9.17, 15) is 4.79 Å². The van der Waals surface area contributed by atoms with Crippen molar-refractivity contribution in [1.82, 2.24) is 0 Å². The number of carbonyl (C=O) groups excluding carboxylic acids is 1. The summed E-state index contributed by atoms with van der Waals surface area (Å²) in [5, 5.41) is 0.606. The zero-order chi connectivity index (χ0) is 14.7. The number of para-hydroxylation sites is 2. The van der Waals surface area contributed by atoms with Gasteiger partial charge in [-0.05, 0) is 29.8 Å². The molecule has 0 saturated carbocycles. The van der Waals surface area contributed by atoms with Gasteiger partial charge in [0.05, 0.1) is 0 Å². The van der Waals surface area contributed by atoms with Crippen LogP contribution in [-0.4, -0.2) is 18.7 Å². The number of hydrogen-bond donors (Lipinski definition) is 0. The van der Waals surface area contributed by atoms with Gasteiger partial charge in [0.1, 0.15) is 13.2 Å². The molecule has 2 aromatic rings. The van der Waals surface area contributed by atoms with E-state index in [1.54, 1.807) is 24.3 Å². The number of esters is 1. The fourth-order valence-corrected chi connectivity index (χ4v) is 2.22. The van der Waals surface area contributed by atoms with Crippen molar-refractivity contribution in [3.63, 3.8) is 0 Å². The molecular weight excluding hydrogens is 292 g/mol. The Balaban J connectivity index is 1.59. The van der Waals surface area contributed by atoms with Crippen molar-refractivity contribution in [3.05, 3.63) is 59.1 Å². The second-order valence-electron chi connectivity index (χ2n) is 4.60. The minimum Gasteiger partial charge on any atom is -0.485 e. The molecule has 1 atom stereocenters. The summed E-state index contributed by atoms with van der Waals surface area (Å²) in [5.41, 5.74) is 0.827. The second kappa shape index (κ2) is 6.06. The van der Waals surface area contributed by atoms with Gasteiger partial charge in [0.2, 0.25) is 6.10 Å². The highest BCUT2D eigenvalue weighted by Gasteiger charge is 2.28. The van der Waals surface area contributed by atoms with E-state index in [4.69, 9.17) is 25.8 Å². The van der Waals surface area contributed by atoms with Crippen LogP contribution >= 0.6 is 11.6 Å². The van der Waals surface area contributed by atoms with Crippen molar-refractivity contribution in [1.29, 1.82) is 0 Å². The van der Waals surface area contributed by atoms with Gasteiger partial charge in [-0.2, -0.15) is 0 Å². The number of carbonyl (C=O) groups is 1. The summed E-state index contributed by atoms with van der Waals surface area (Å²) in [6.07, 6.45) is -0.751. The van der Waals surface area contributed by atoms with Crippen LogP contribution in [0.2, 0.25) is 5.02 Å². The topological polar surface area (TPSA) is 44.8 Å². The Labute approximate surface area is 127 Å². The maximum atomic E-state index is 12.0. The first-order valence-corrected chi connectivity index (χ1v) is 6.90. The first kappa shape index (κ1) is 13.8. The van der Waals surface area contributed by atoms with E-state index in [1.165, 1.54) is 0 Å². The Morgan fingerprint density at radius 1 is 1.19 bits per heavy atom. The van der Waals surface area contributed by atoms with Gasteiger partial charge < -0.3 is 14.2 Å². The number of rotatable bonds is 3. The van der Waals surface area contributed by atoms with Crippen molar-refractivity contribution >= 4 is 17.6 Å². The van der Waals surface area contributed by atoms with E-state index in [0.717, 1.165) is 5.56 Å². The molecule has 21 heavy (non-hydrogen) atoms. The van der Waals surface area contributed by atoms with Crippen molar-refractivity contribution < 1.29 is 19.0 Å². The lowest BCUT2D eigenvalue weighted by Crippen LogP contribution is -2.37. The van der Waals surface area contributed by atoms with E-state index in [-0.39, 0.29) is 13.2 Å². The average Bonchev–Trinajstić information content (AvgIpc) is 2.52. The largest absolute Gasteiger partial charge is 0.485 e. The zero-order valence-electron chi connectivity index (χ0n) is 11.1.